The topological polar surface area (TPSA) is 18.8 Å². The molecule has 0 aliphatic carbocycles. The maximum absolute atomic E-state index is 4.69. The van der Waals surface area contributed by atoms with Gasteiger partial charge in [-0.05, 0) is 43.9 Å². The van der Waals surface area contributed by atoms with Crippen LogP contribution in [0.4, 0.5) is 0 Å². The second-order valence-corrected chi connectivity index (χ2v) is 5.60. The Balaban J connectivity index is 2.80. The summed E-state index contributed by atoms with van der Waals surface area (Å²) < 4.78 is 0. The van der Waals surface area contributed by atoms with Crippen molar-refractivity contribution in [1.29, 1.82) is 0 Å². The van der Waals surface area contributed by atoms with Crippen LogP contribution in [-0.2, 0) is 6.42 Å². The number of nitrogens with zero attached hydrogens (tertiary/aromatic N) is 3. The van der Waals surface area contributed by atoms with Crippen molar-refractivity contribution in [2.45, 2.75) is 27.2 Å². The van der Waals surface area contributed by atoms with Crippen molar-refractivity contribution in [2.24, 2.45) is 4.99 Å². The molecule has 0 bridgehead atoms. The highest BCUT2D eigenvalue weighted by Gasteiger charge is 2.06. The molecule has 0 saturated heterocycles. The lowest BCUT2D eigenvalue weighted by Gasteiger charge is -2.22. The van der Waals surface area contributed by atoms with Crippen molar-refractivity contribution in [1.82, 2.24) is 9.80 Å². The fraction of sp³-hybridized carbons (Fsp3) is 0.562. The maximum atomic E-state index is 4.69. The predicted octanol–water partition coefficient (Wildman–Crippen LogP) is 2.63. The van der Waals surface area contributed by atoms with Crippen molar-refractivity contribution in [3.8, 4) is 0 Å². The highest BCUT2D eigenvalue weighted by atomic mass is 15.3. The molecule has 0 fully saturated rings. The van der Waals surface area contributed by atoms with Gasteiger partial charge in [0.15, 0.2) is 5.96 Å². The van der Waals surface area contributed by atoms with Crippen molar-refractivity contribution < 1.29 is 0 Å². The van der Waals surface area contributed by atoms with Crippen LogP contribution in [0.2, 0.25) is 0 Å². The third kappa shape index (κ3) is 4.27. The van der Waals surface area contributed by atoms with E-state index in [1.165, 1.54) is 22.3 Å². The van der Waals surface area contributed by atoms with Gasteiger partial charge in [0.1, 0.15) is 0 Å². The Kier molecular flexibility index (Phi) is 5.40. The molecule has 0 amide bonds. The minimum absolute atomic E-state index is 0.830. The first-order valence-corrected chi connectivity index (χ1v) is 6.78. The molecule has 19 heavy (non-hydrogen) atoms. The van der Waals surface area contributed by atoms with E-state index in [1.807, 2.05) is 28.2 Å². The van der Waals surface area contributed by atoms with E-state index in [9.17, 15) is 0 Å². The maximum Gasteiger partial charge on any atom is 0.195 e. The van der Waals surface area contributed by atoms with Gasteiger partial charge in [-0.2, -0.15) is 0 Å². The molecular formula is C16H27N3. The highest BCUT2D eigenvalue weighted by molar-refractivity contribution is 5.79. The molecule has 0 aromatic heterocycles. The first-order valence-electron chi connectivity index (χ1n) is 6.78. The Bertz CT molecular complexity index is 426. The molecular weight excluding hydrogens is 234 g/mol. The smallest absolute Gasteiger partial charge is 0.195 e. The second kappa shape index (κ2) is 6.60. The third-order valence-corrected chi connectivity index (χ3v) is 3.26. The lowest BCUT2D eigenvalue weighted by atomic mass is 9.97. The SMILES string of the molecule is Cc1cc(C)c(CCN=C(N(C)C)N(C)C)c(C)c1. The number of hydrogen-bond donors (Lipinski definition) is 0. The minimum atomic E-state index is 0.830. The van der Waals surface area contributed by atoms with Crippen LogP contribution >= 0.6 is 0 Å². The lowest BCUT2D eigenvalue weighted by molar-refractivity contribution is 0.479. The van der Waals surface area contributed by atoms with Gasteiger partial charge in [0, 0.05) is 34.7 Å². The van der Waals surface area contributed by atoms with Gasteiger partial charge in [-0.1, -0.05) is 17.7 Å². The van der Waals surface area contributed by atoms with Gasteiger partial charge in [0.2, 0.25) is 0 Å². The van der Waals surface area contributed by atoms with E-state index in [-0.39, 0.29) is 0 Å². The first-order chi connectivity index (χ1) is 8.82. The summed E-state index contributed by atoms with van der Waals surface area (Å²) in [7, 11) is 8.12. The number of benzene rings is 1. The zero-order valence-electron chi connectivity index (χ0n) is 13.4. The first kappa shape index (κ1) is 15.5. The Hall–Kier alpha value is -1.51. The van der Waals surface area contributed by atoms with Gasteiger partial charge in [-0.15, -0.1) is 0 Å². The van der Waals surface area contributed by atoms with Crippen LogP contribution in [0.25, 0.3) is 0 Å². The van der Waals surface area contributed by atoms with Crippen molar-refractivity contribution in [2.75, 3.05) is 34.7 Å². The molecule has 0 spiro atoms. The predicted molar refractivity (Wildman–Crippen MR) is 84.0 cm³/mol. The number of aliphatic imine (C=N–C) groups is 1. The summed E-state index contributed by atoms with van der Waals surface area (Å²) >= 11 is 0. The highest BCUT2D eigenvalue weighted by Crippen LogP contribution is 2.16. The summed E-state index contributed by atoms with van der Waals surface area (Å²) in [5.41, 5.74) is 5.53. The fourth-order valence-electron chi connectivity index (χ4n) is 2.55. The molecule has 106 valence electrons. The number of aryl methyl sites for hydroxylation is 3. The summed E-state index contributed by atoms with van der Waals surface area (Å²) in [5.74, 6) is 1.02. The Labute approximate surface area is 117 Å². The number of rotatable bonds is 3. The van der Waals surface area contributed by atoms with E-state index in [0.29, 0.717) is 0 Å². The van der Waals surface area contributed by atoms with E-state index >= 15 is 0 Å². The number of hydrogen-bond acceptors (Lipinski definition) is 1. The van der Waals surface area contributed by atoms with E-state index in [1.54, 1.807) is 0 Å². The van der Waals surface area contributed by atoms with Gasteiger partial charge in [0.25, 0.3) is 0 Å². The molecule has 1 aromatic carbocycles. The summed E-state index contributed by atoms with van der Waals surface area (Å²) in [4.78, 5) is 8.79. The molecule has 0 saturated carbocycles. The lowest BCUT2D eigenvalue weighted by Crippen LogP contribution is -2.35. The van der Waals surface area contributed by atoms with Gasteiger partial charge < -0.3 is 9.80 Å². The average Bonchev–Trinajstić information content (AvgIpc) is 2.25. The zero-order chi connectivity index (χ0) is 14.6. The van der Waals surface area contributed by atoms with Crippen molar-refractivity contribution in [3.63, 3.8) is 0 Å². The van der Waals surface area contributed by atoms with Crippen LogP contribution in [0.1, 0.15) is 22.3 Å². The summed E-state index contributed by atoms with van der Waals surface area (Å²) in [6.45, 7) is 7.37. The quantitative estimate of drug-likeness (QED) is 0.615. The second-order valence-electron chi connectivity index (χ2n) is 5.60. The minimum Gasteiger partial charge on any atom is -0.349 e. The van der Waals surface area contributed by atoms with Crippen LogP contribution in [0.5, 0.6) is 0 Å². The molecule has 0 radical (unpaired) electrons. The van der Waals surface area contributed by atoms with Crippen LogP contribution < -0.4 is 0 Å². The van der Waals surface area contributed by atoms with Gasteiger partial charge >= 0.3 is 0 Å². The normalized spacial score (nSPS) is 10.3. The van der Waals surface area contributed by atoms with Crippen molar-refractivity contribution >= 4 is 5.96 Å². The third-order valence-electron chi connectivity index (χ3n) is 3.26. The molecule has 3 nitrogen and oxygen atoms in total. The Morgan fingerprint density at radius 2 is 1.42 bits per heavy atom. The molecule has 3 heteroatoms. The van der Waals surface area contributed by atoms with E-state index in [2.05, 4.69) is 42.7 Å². The standard InChI is InChI=1S/C16H27N3/c1-12-10-13(2)15(14(3)11-12)8-9-17-16(18(4)5)19(6)7/h10-11H,8-9H2,1-7H3. The molecule has 0 unspecified atom stereocenters. The molecule has 0 atom stereocenters. The molecule has 0 heterocycles. The molecule has 1 rings (SSSR count). The van der Waals surface area contributed by atoms with E-state index in [4.69, 9.17) is 4.99 Å². The zero-order valence-corrected chi connectivity index (χ0v) is 13.4. The summed E-state index contributed by atoms with van der Waals surface area (Å²) in [5, 5.41) is 0. The molecule has 0 aliphatic heterocycles. The van der Waals surface area contributed by atoms with Crippen LogP contribution in [0.3, 0.4) is 0 Å². The summed E-state index contributed by atoms with van der Waals surface area (Å²) in [6.07, 6.45) is 1.00. The molecule has 0 aliphatic rings. The molecule has 0 N–H and O–H groups in total. The van der Waals surface area contributed by atoms with E-state index < -0.39 is 0 Å². The fourth-order valence-corrected chi connectivity index (χ4v) is 2.55. The monoisotopic (exact) mass is 261 g/mol. The van der Waals surface area contributed by atoms with Gasteiger partial charge in [-0.25, -0.2) is 0 Å². The van der Waals surface area contributed by atoms with Gasteiger partial charge in [0.05, 0.1) is 0 Å². The van der Waals surface area contributed by atoms with Crippen molar-refractivity contribution in [3.05, 3.63) is 34.4 Å². The Morgan fingerprint density at radius 1 is 0.947 bits per heavy atom. The largest absolute Gasteiger partial charge is 0.349 e. The van der Waals surface area contributed by atoms with Crippen LogP contribution in [0, 0.1) is 20.8 Å². The van der Waals surface area contributed by atoms with Gasteiger partial charge in [-0.3, -0.25) is 4.99 Å². The Morgan fingerprint density at radius 3 is 1.84 bits per heavy atom. The number of guanidine groups is 1. The van der Waals surface area contributed by atoms with E-state index in [0.717, 1.165) is 18.9 Å². The average molecular weight is 261 g/mol. The summed E-state index contributed by atoms with van der Waals surface area (Å²) in [6, 6.07) is 4.51. The van der Waals surface area contributed by atoms with Crippen LogP contribution in [0.15, 0.2) is 17.1 Å². The van der Waals surface area contributed by atoms with Crippen LogP contribution in [-0.4, -0.2) is 50.5 Å². The molecule has 1 aromatic rings.